The largest absolute Gasteiger partial charge is 0.309 e. The number of aromatic nitrogens is 4. The number of hydrogen-bond acceptors (Lipinski definition) is 3. The first-order chi connectivity index (χ1) is 29.2. The molecule has 0 N–H and O–H groups in total. The Morgan fingerprint density at radius 1 is 0.339 bits per heavy atom. The summed E-state index contributed by atoms with van der Waals surface area (Å²) in [5.41, 5.74) is 11.0. The molecule has 274 valence electrons. The Hall–Kier alpha value is -7.60. The van der Waals surface area contributed by atoms with E-state index in [1.165, 1.54) is 74.6 Å². The molecule has 0 saturated heterocycles. The summed E-state index contributed by atoms with van der Waals surface area (Å²) in [4.78, 5) is 10.7. The SMILES string of the molecule is c1ccc(-n2c3ccccc3c3cc(-c4ccc5c(c4)c4ccccc4n5-c4nc(-c5ccc6c(c5)sc5cc7ccccc7cc56)c5ccccc5n4)ccc32)cc1. The average molecular weight is 769 g/mol. The molecule has 0 atom stereocenters. The summed E-state index contributed by atoms with van der Waals surface area (Å²) in [6, 6.07) is 70.2. The molecular weight excluding hydrogens is 737 g/mol. The van der Waals surface area contributed by atoms with Crippen LogP contribution in [0.15, 0.2) is 194 Å². The van der Waals surface area contributed by atoms with Crippen molar-refractivity contribution in [2.24, 2.45) is 0 Å². The Morgan fingerprint density at radius 2 is 0.898 bits per heavy atom. The fraction of sp³-hybridized carbons (Fsp3) is 0. The molecule has 4 nitrogen and oxygen atoms in total. The Balaban J connectivity index is 0.980. The highest BCUT2D eigenvalue weighted by Gasteiger charge is 2.19. The molecule has 59 heavy (non-hydrogen) atoms. The number of para-hydroxylation sites is 4. The second kappa shape index (κ2) is 12.4. The van der Waals surface area contributed by atoms with Gasteiger partial charge in [0.25, 0.3) is 0 Å². The number of rotatable bonds is 4. The minimum atomic E-state index is 0.662. The topological polar surface area (TPSA) is 35.6 Å². The second-order valence-corrected chi connectivity index (χ2v) is 16.5. The smallest absolute Gasteiger partial charge is 0.235 e. The van der Waals surface area contributed by atoms with Crippen LogP contribution in [0.1, 0.15) is 0 Å². The summed E-state index contributed by atoms with van der Waals surface area (Å²) in [7, 11) is 0. The lowest BCUT2D eigenvalue weighted by Gasteiger charge is -2.12. The van der Waals surface area contributed by atoms with Gasteiger partial charge in [0.2, 0.25) is 5.95 Å². The highest BCUT2D eigenvalue weighted by molar-refractivity contribution is 7.25. The third-order valence-corrected chi connectivity index (χ3v) is 13.2. The van der Waals surface area contributed by atoms with Gasteiger partial charge in [0.05, 0.1) is 33.3 Å². The number of hydrogen-bond donors (Lipinski definition) is 0. The van der Waals surface area contributed by atoms with Crippen LogP contribution in [0, 0.1) is 0 Å². The van der Waals surface area contributed by atoms with E-state index in [1.54, 1.807) is 0 Å². The maximum absolute atomic E-state index is 5.44. The van der Waals surface area contributed by atoms with Crippen LogP contribution >= 0.6 is 11.3 Å². The van der Waals surface area contributed by atoms with Crippen molar-refractivity contribution in [1.82, 2.24) is 19.1 Å². The lowest BCUT2D eigenvalue weighted by atomic mass is 10.0. The highest BCUT2D eigenvalue weighted by Crippen LogP contribution is 2.41. The fourth-order valence-electron chi connectivity index (χ4n) is 9.37. The van der Waals surface area contributed by atoms with Gasteiger partial charge >= 0.3 is 0 Å². The van der Waals surface area contributed by atoms with Crippen molar-refractivity contribution in [2.75, 3.05) is 0 Å². The molecule has 9 aromatic carbocycles. The molecule has 0 bridgehead atoms. The number of benzene rings is 9. The van der Waals surface area contributed by atoms with Crippen molar-refractivity contribution in [2.45, 2.75) is 0 Å². The van der Waals surface area contributed by atoms with Crippen molar-refractivity contribution in [3.8, 4) is 34.0 Å². The van der Waals surface area contributed by atoms with Gasteiger partial charge in [-0.25, -0.2) is 9.97 Å². The second-order valence-electron chi connectivity index (χ2n) is 15.4. The van der Waals surface area contributed by atoms with Crippen LogP contribution in [0.5, 0.6) is 0 Å². The van der Waals surface area contributed by atoms with Crippen molar-refractivity contribution in [3.63, 3.8) is 0 Å². The first-order valence-electron chi connectivity index (χ1n) is 20.0. The van der Waals surface area contributed by atoms with Gasteiger partial charge in [0, 0.05) is 58.4 Å². The Kier molecular flexibility index (Phi) is 6.85. The van der Waals surface area contributed by atoms with Crippen molar-refractivity contribution >= 4 is 96.8 Å². The maximum atomic E-state index is 5.44. The number of thiophene rings is 1. The van der Waals surface area contributed by atoms with Crippen molar-refractivity contribution < 1.29 is 0 Å². The average Bonchev–Trinajstić information content (AvgIpc) is 3.94. The summed E-state index contributed by atoms with van der Waals surface area (Å²) < 4.78 is 7.16. The molecule has 0 fully saturated rings. The number of nitrogens with zero attached hydrogens (tertiary/aromatic N) is 4. The summed E-state index contributed by atoms with van der Waals surface area (Å²) in [6.07, 6.45) is 0. The lowest BCUT2D eigenvalue weighted by Crippen LogP contribution is -2.03. The van der Waals surface area contributed by atoms with Crippen LogP contribution in [0.4, 0.5) is 0 Å². The number of fused-ring (bicyclic) bond motifs is 11. The fourth-order valence-corrected chi connectivity index (χ4v) is 10.5. The molecule has 0 spiro atoms. The summed E-state index contributed by atoms with van der Waals surface area (Å²) in [5, 5.41) is 11.0. The quantitative estimate of drug-likeness (QED) is 0.179. The van der Waals surface area contributed by atoms with Gasteiger partial charge in [-0.1, -0.05) is 121 Å². The minimum absolute atomic E-state index is 0.662. The summed E-state index contributed by atoms with van der Waals surface area (Å²) in [6.45, 7) is 0. The molecule has 13 rings (SSSR count). The van der Waals surface area contributed by atoms with E-state index in [1.807, 2.05) is 11.3 Å². The minimum Gasteiger partial charge on any atom is -0.309 e. The summed E-state index contributed by atoms with van der Waals surface area (Å²) in [5.74, 6) is 0.662. The van der Waals surface area contributed by atoms with Crippen LogP contribution < -0.4 is 0 Å². The first-order valence-corrected chi connectivity index (χ1v) is 20.8. The van der Waals surface area contributed by atoms with Crippen LogP contribution in [0.25, 0.3) is 119 Å². The van der Waals surface area contributed by atoms with Gasteiger partial charge in [0.15, 0.2) is 0 Å². The summed E-state index contributed by atoms with van der Waals surface area (Å²) >= 11 is 1.85. The molecule has 0 aliphatic carbocycles. The molecule has 4 heterocycles. The molecule has 5 heteroatoms. The highest BCUT2D eigenvalue weighted by atomic mass is 32.1. The zero-order chi connectivity index (χ0) is 38.6. The predicted molar refractivity (Wildman–Crippen MR) is 249 cm³/mol. The third-order valence-electron chi connectivity index (χ3n) is 12.1. The van der Waals surface area contributed by atoms with Crippen molar-refractivity contribution in [1.29, 1.82) is 0 Å². The first kappa shape index (κ1) is 32.5. The van der Waals surface area contributed by atoms with E-state index in [9.17, 15) is 0 Å². The molecule has 0 aliphatic rings. The van der Waals surface area contributed by atoms with E-state index in [-0.39, 0.29) is 0 Å². The van der Waals surface area contributed by atoms with Crippen LogP contribution in [-0.4, -0.2) is 19.1 Å². The van der Waals surface area contributed by atoms with E-state index in [4.69, 9.17) is 9.97 Å². The van der Waals surface area contributed by atoms with Gasteiger partial charge in [0.1, 0.15) is 0 Å². The van der Waals surface area contributed by atoms with Crippen LogP contribution in [0.3, 0.4) is 0 Å². The van der Waals surface area contributed by atoms with Gasteiger partial charge in [-0.15, -0.1) is 11.3 Å². The zero-order valence-electron chi connectivity index (χ0n) is 31.7. The molecule has 0 radical (unpaired) electrons. The molecular formula is C54H32N4S. The van der Waals surface area contributed by atoms with Gasteiger partial charge in [-0.05, 0) is 94.7 Å². The molecule has 0 saturated carbocycles. The van der Waals surface area contributed by atoms with E-state index >= 15 is 0 Å². The van der Waals surface area contributed by atoms with Gasteiger partial charge < -0.3 is 4.57 Å². The van der Waals surface area contributed by atoms with E-state index in [0.717, 1.165) is 38.9 Å². The standard InChI is InChI=1S/C54H32N4S/c1-2-14-38(15-3-1)57-47-20-10-7-16-39(47)43-28-35(23-26-49(43)57)36-24-27-50-44(29-36)40-17-8-11-21-48(40)58(50)54-55-46-19-9-6-18-42(46)53(56-54)37-22-25-41-45-30-33-12-4-5-13-34(33)31-52(45)59-51(41)32-37/h1-32H. The molecule has 0 aliphatic heterocycles. The lowest BCUT2D eigenvalue weighted by molar-refractivity contribution is 1.01. The van der Waals surface area contributed by atoms with E-state index in [0.29, 0.717) is 5.95 Å². The van der Waals surface area contributed by atoms with Crippen LogP contribution in [-0.2, 0) is 0 Å². The molecule has 0 unspecified atom stereocenters. The Bertz CT molecular complexity index is 3850. The molecule has 0 amide bonds. The van der Waals surface area contributed by atoms with Gasteiger partial charge in [-0.3, -0.25) is 4.57 Å². The molecule has 13 aromatic rings. The zero-order valence-corrected chi connectivity index (χ0v) is 32.5. The third kappa shape index (κ3) is 4.89. The van der Waals surface area contributed by atoms with E-state index < -0.39 is 0 Å². The predicted octanol–water partition coefficient (Wildman–Crippen LogP) is 14.7. The van der Waals surface area contributed by atoms with E-state index in [2.05, 4.69) is 203 Å². The van der Waals surface area contributed by atoms with Gasteiger partial charge in [-0.2, -0.15) is 0 Å². The molecule has 4 aromatic heterocycles. The Labute approximate surface area is 342 Å². The Morgan fingerprint density at radius 3 is 1.64 bits per heavy atom. The maximum Gasteiger partial charge on any atom is 0.235 e. The van der Waals surface area contributed by atoms with Crippen LogP contribution in [0.2, 0.25) is 0 Å². The van der Waals surface area contributed by atoms with Crippen molar-refractivity contribution in [3.05, 3.63) is 194 Å². The normalized spacial score (nSPS) is 12.1. The monoisotopic (exact) mass is 768 g/mol.